The van der Waals surface area contributed by atoms with Crippen molar-refractivity contribution in [3.05, 3.63) is 73.3 Å². The molecule has 3 heterocycles. The van der Waals surface area contributed by atoms with Gasteiger partial charge in [0.15, 0.2) is 0 Å². The Hall–Kier alpha value is -3.52. The van der Waals surface area contributed by atoms with Crippen LogP contribution in [0.1, 0.15) is 0 Å². The maximum Gasteiger partial charge on any atom is 0.277 e. The lowest BCUT2D eigenvalue weighted by Gasteiger charge is -2.06. The van der Waals surface area contributed by atoms with Gasteiger partial charge in [-0.15, -0.1) is 10.2 Å². The number of amides is 1. The maximum atomic E-state index is 12.2. The molecular weight excluding hydrogens is 374 g/mol. The van der Waals surface area contributed by atoms with Crippen molar-refractivity contribution in [2.24, 2.45) is 0 Å². The highest BCUT2D eigenvalue weighted by Gasteiger charge is 2.11. The lowest BCUT2D eigenvalue weighted by atomic mass is 10.1. The smallest absolute Gasteiger partial charge is 0.277 e. The standard InChI is InChI=1S/C20H15N5O2S/c26-18(13-28-20-25-24-19(27-20)15-7-10-21-11-8-15)23-17-5-3-14(4-6-17)16-2-1-9-22-12-16/h1-12H,13H2,(H,23,26). The molecule has 0 spiro atoms. The monoisotopic (exact) mass is 389 g/mol. The first kappa shape index (κ1) is 17.9. The third kappa shape index (κ3) is 4.41. The number of hydrogen-bond donors (Lipinski definition) is 1. The number of hydrogen-bond acceptors (Lipinski definition) is 7. The second-order valence-corrected chi connectivity index (χ2v) is 6.69. The van der Waals surface area contributed by atoms with Gasteiger partial charge in [0.1, 0.15) is 0 Å². The lowest BCUT2D eigenvalue weighted by molar-refractivity contribution is -0.113. The van der Waals surface area contributed by atoms with Crippen LogP contribution in [0.25, 0.3) is 22.6 Å². The molecule has 0 radical (unpaired) electrons. The number of anilines is 1. The van der Waals surface area contributed by atoms with Gasteiger partial charge in [0.05, 0.1) is 5.75 Å². The number of aromatic nitrogens is 4. The summed E-state index contributed by atoms with van der Waals surface area (Å²) in [6, 6.07) is 15.0. The number of nitrogens with zero attached hydrogens (tertiary/aromatic N) is 4. The van der Waals surface area contributed by atoms with Crippen molar-refractivity contribution in [2.75, 3.05) is 11.1 Å². The fourth-order valence-corrected chi connectivity index (χ4v) is 3.05. The van der Waals surface area contributed by atoms with Crippen molar-refractivity contribution in [3.63, 3.8) is 0 Å². The summed E-state index contributed by atoms with van der Waals surface area (Å²) < 4.78 is 5.56. The topological polar surface area (TPSA) is 93.8 Å². The Morgan fingerprint density at radius 3 is 2.46 bits per heavy atom. The van der Waals surface area contributed by atoms with Crippen molar-refractivity contribution >= 4 is 23.4 Å². The summed E-state index contributed by atoms with van der Waals surface area (Å²) in [6.45, 7) is 0. The molecule has 0 atom stereocenters. The minimum absolute atomic E-state index is 0.150. The molecule has 1 amide bonds. The van der Waals surface area contributed by atoms with Gasteiger partial charge in [0.25, 0.3) is 5.22 Å². The molecule has 0 saturated heterocycles. The summed E-state index contributed by atoms with van der Waals surface area (Å²) in [4.78, 5) is 20.2. The highest BCUT2D eigenvalue weighted by atomic mass is 32.2. The number of nitrogens with one attached hydrogen (secondary N) is 1. The number of rotatable bonds is 6. The van der Waals surface area contributed by atoms with Crippen LogP contribution in [0.3, 0.4) is 0 Å². The van der Waals surface area contributed by atoms with Crippen LogP contribution < -0.4 is 5.32 Å². The molecule has 0 bridgehead atoms. The fourth-order valence-electron chi connectivity index (χ4n) is 2.48. The van der Waals surface area contributed by atoms with Gasteiger partial charge >= 0.3 is 0 Å². The Morgan fingerprint density at radius 1 is 0.893 bits per heavy atom. The fraction of sp³-hybridized carbons (Fsp3) is 0.0500. The third-order valence-corrected chi connectivity index (χ3v) is 4.64. The number of benzene rings is 1. The summed E-state index contributed by atoms with van der Waals surface area (Å²) in [5.74, 6) is 0.418. The van der Waals surface area contributed by atoms with E-state index in [2.05, 4.69) is 25.5 Å². The van der Waals surface area contributed by atoms with Crippen molar-refractivity contribution < 1.29 is 9.21 Å². The van der Waals surface area contributed by atoms with Crippen LogP contribution in [0.4, 0.5) is 5.69 Å². The molecule has 138 valence electrons. The van der Waals surface area contributed by atoms with E-state index < -0.39 is 0 Å². The molecule has 7 nitrogen and oxygen atoms in total. The average molecular weight is 389 g/mol. The third-order valence-electron chi connectivity index (χ3n) is 3.82. The molecule has 0 saturated carbocycles. The van der Waals surface area contributed by atoms with Crippen molar-refractivity contribution in [3.8, 4) is 22.6 Å². The Labute approximate surface area is 165 Å². The summed E-state index contributed by atoms with van der Waals surface area (Å²) in [5, 5.41) is 11.1. The van der Waals surface area contributed by atoms with Gasteiger partial charge in [-0.3, -0.25) is 14.8 Å². The van der Waals surface area contributed by atoms with Gasteiger partial charge in [-0.2, -0.15) is 0 Å². The number of pyridine rings is 2. The highest BCUT2D eigenvalue weighted by Crippen LogP contribution is 2.23. The van der Waals surface area contributed by atoms with Crippen LogP contribution in [0.5, 0.6) is 0 Å². The molecule has 0 aliphatic heterocycles. The average Bonchev–Trinajstić information content (AvgIpc) is 3.23. The zero-order valence-electron chi connectivity index (χ0n) is 14.6. The lowest BCUT2D eigenvalue weighted by Crippen LogP contribution is -2.13. The Morgan fingerprint density at radius 2 is 1.71 bits per heavy atom. The first-order valence-corrected chi connectivity index (χ1v) is 9.43. The van der Waals surface area contributed by atoms with Crippen LogP contribution in [-0.4, -0.2) is 31.8 Å². The number of carbonyl (C=O) groups is 1. The van der Waals surface area contributed by atoms with Crippen LogP contribution >= 0.6 is 11.8 Å². The van der Waals surface area contributed by atoms with Gasteiger partial charge in [0.2, 0.25) is 11.8 Å². The molecule has 4 aromatic rings. The summed E-state index contributed by atoms with van der Waals surface area (Å²) in [6.07, 6.45) is 6.84. The van der Waals surface area contributed by atoms with E-state index in [1.165, 1.54) is 11.8 Å². The zero-order chi connectivity index (χ0) is 19.2. The summed E-state index contributed by atoms with van der Waals surface area (Å²) in [7, 11) is 0. The number of thioether (sulfide) groups is 1. The SMILES string of the molecule is O=C(CSc1nnc(-c2ccncc2)o1)Nc1ccc(-c2cccnc2)cc1. The maximum absolute atomic E-state index is 12.2. The second kappa shape index (κ2) is 8.45. The molecule has 0 unspecified atom stereocenters. The van der Waals surface area contributed by atoms with Gasteiger partial charge < -0.3 is 9.73 Å². The Bertz CT molecular complexity index is 1050. The number of carbonyl (C=O) groups excluding carboxylic acids is 1. The molecule has 0 fully saturated rings. The molecule has 0 aliphatic carbocycles. The Balaban J connectivity index is 1.32. The predicted octanol–water partition coefficient (Wildman–Crippen LogP) is 3.92. The molecular formula is C20H15N5O2S. The molecule has 1 N–H and O–H groups in total. The van der Waals surface area contributed by atoms with Gasteiger partial charge in [-0.25, -0.2) is 0 Å². The van der Waals surface area contributed by atoms with E-state index in [1.807, 2.05) is 36.4 Å². The quantitative estimate of drug-likeness (QED) is 0.499. The van der Waals surface area contributed by atoms with Crippen LogP contribution in [0.15, 0.2) is 83.0 Å². The summed E-state index contributed by atoms with van der Waals surface area (Å²) >= 11 is 1.19. The van der Waals surface area contributed by atoms with E-state index in [9.17, 15) is 4.79 Å². The van der Waals surface area contributed by atoms with Crippen LogP contribution in [0, 0.1) is 0 Å². The molecule has 28 heavy (non-hydrogen) atoms. The highest BCUT2D eigenvalue weighted by molar-refractivity contribution is 7.99. The van der Waals surface area contributed by atoms with Crippen molar-refractivity contribution in [2.45, 2.75) is 5.22 Å². The first-order chi connectivity index (χ1) is 13.8. The molecule has 8 heteroatoms. The van der Waals surface area contributed by atoms with Gasteiger partial charge in [-0.05, 0) is 41.5 Å². The van der Waals surface area contributed by atoms with E-state index in [4.69, 9.17) is 4.42 Å². The van der Waals surface area contributed by atoms with E-state index in [0.717, 1.165) is 22.4 Å². The predicted molar refractivity (Wildman–Crippen MR) is 107 cm³/mol. The normalized spacial score (nSPS) is 10.6. The van der Waals surface area contributed by atoms with Gasteiger partial charge in [-0.1, -0.05) is 30.0 Å². The van der Waals surface area contributed by atoms with E-state index >= 15 is 0 Å². The second-order valence-electron chi connectivity index (χ2n) is 5.76. The zero-order valence-corrected chi connectivity index (χ0v) is 15.5. The molecule has 0 aliphatic rings. The van der Waals surface area contributed by atoms with E-state index in [-0.39, 0.29) is 11.7 Å². The molecule has 4 rings (SSSR count). The minimum atomic E-state index is -0.150. The first-order valence-electron chi connectivity index (χ1n) is 8.45. The van der Waals surface area contributed by atoms with Crippen LogP contribution in [-0.2, 0) is 4.79 Å². The Kier molecular flexibility index (Phi) is 5.39. The van der Waals surface area contributed by atoms with Crippen molar-refractivity contribution in [1.82, 2.24) is 20.2 Å². The summed E-state index contributed by atoms with van der Waals surface area (Å²) in [5.41, 5.74) is 3.57. The molecule has 3 aromatic heterocycles. The van der Waals surface area contributed by atoms with Gasteiger partial charge in [0, 0.05) is 36.0 Å². The largest absolute Gasteiger partial charge is 0.411 e. The minimum Gasteiger partial charge on any atom is -0.411 e. The molecule has 1 aromatic carbocycles. The van der Waals surface area contributed by atoms with Crippen LogP contribution in [0.2, 0.25) is 0 Å². The van der Waals surface area contributed by atoms with E-state index in [0.29, 0.717) is 11.1 Å². The van der Waals surface area contributed by atoms with E-state index in [1.54, 1.807) is 36.9 Å². The van der Waals surface area contributed by atoms with Crippen molar-refractivity contribution in [1.29, 1.82) is 0 Å².